The summed E-state index contributed by atoms with van der Waals surface area (Å²) in [7, 11) is 2.96. The molecule has 3 aromatic carbocycles. The van der Waals surface area contributed by atoms with E-state index in [2.05, 4.69) is 33.1 Å². The third-order valence-corrected chi connectivity index (χ3v) is 5.19. The van der Waals surface area contributed by atoms with Crippen molar-refractivity contribution >= 4 is 52.3 Å². The Balaban J connectivity index is 1.73. The molecular formula is C23H18ClIN2O5. The number of halogens is 2. The molecule has 0 saturated heterocycles. The minimum absolute atomic E-state index is 0.0787. The van der Waals surface area contributed by atoms with E-state index in [4.69, 9.17) is 25.8 Å². The van der Waals surface area contributed by atoms with Gasteiger partial charge < -0.3 is 14.2 Å². The molecule has 1 amide bonds. The van der Waals surface area contributed by atoms with Gasteiger partial charge in [0.15, 0.2) is 11.5 Å². The minimum atomic E-state index is -0.598. The highest BCUT2D eigenvalue weighted by Crippen LogP contribution is 2.36. The van der Waals surface area contributed by atoms with Crippen LogP contribution in [0, 0.1) is 3.57 Å². The van der Waals surface area contributed by atoms with Crippen LogP contribution in [0.3, 0.4) is 0 Å². The highest BCUT2D eigenvalue weighted by Gasteiger charge is 2.17. The van der Waals surface area contributed by atoms with E-state index in [1.54, 1.807) is 54.6 Å². The van der Waals surface area contributed by atoms with Crippen molar-refractivity contribution < 1.29 is 23.8 Å². The zero-order valence-corrected chi connectivity index (χ0v) is 20.0. The van der Waals surface area contributed by atoms with E-state index in [9.17, 15) is 9.59 Å². The zero-order valence-electron chi connectivity index (χ0n) is 17.1. The monoisotopic (exact) mass is 564 g/mol. The molecule has 1 N–H and O–H groups in total. The average Bonchev–Trinajstić information content (AvgIpc) is 2.80. The van der Waals surface area contributed by atoms with Crippen molar-refractivity contribution in [3.8, 4) is 17.2 Å². The van der Waals surface area contributed by atoms with Crippen LogP contribution in [-0.2, 0) is 0 Å². The van der Waals surface area contributed by atoms with Gasteiger partial charge in [0.05, 0.1) is 31.0 Å². The summed E-state index contributed by atoms with van der Waals surface area (Å²) in [5, 5.41) is 4.11. The van der Waals surface area contributed by atoms with Crippen LogP contribution >= 0.6 is 34.2 Å². The lowest BCUT2D eigenvalue weighted by atomic mass is 10.2. The molecule has 0 fully saturated rings. The smallest absolute Gasteiger partial charge is 0.343 e. The second-order valence-electron chi connectivity index (χ2n) is 6.36. The van der Waals surface area contributed by atoms with Crippen molar-refractivity contribution in [1.82, 2.24) is 5.43 Å². The van der Waals surface area contributed by atoms with Crippen LogP contribution in [0.5, 0.6) is 17.2 Å². The second kappa shape index (κ2) is 11.0. The maximum atomic E-state index is 12.5. The van der Waals surface area contributed by atoms with Gasteiger partial charge in [0.25, 0.3) is 5.91 Å². The predicted molar refractivity (Wildman–Crippen MR) is 130 cm³/mol. The number of hydrogen-bond donors (Lipinski definition) is 1. The van der Waals surface area contributed by atoms with E-state index >= 15 is 0 Å². The van der Waals surface area contributed by atoms with Gasteiger partial charge in [0.2, 0.25) is 0 Å². The Kier molecular flexibility index (Phi) is 8.07. The number of methoxy groups -OCH3 is 2. The van der Waals surface area contributed by atoms with Gasteiger partial charge in [-0.3, -0.25) is 4.79 Å². The summed E-state index contributed by atoms with van der Waals surface area (Å²) < 4.78 is 16.8. The van der Waals surface area contributed by atoms with Crippen molar-refractivity contribution in [3.05, 3.63) is 85.9 Å². The fraction of sp³-hybridized carbons (Fsp3) is 0.0870. The Labute approximate surface area is 203 Å². The van der Waals surface area contributed by atoms with Crippen LogP contribution in [-0.4, -0.2) is 32.3 Å². The lowest BCUT2D eigenvalue weighted by Gasteiger charge is -2.12. The molecule has 0 aliphatic carbocycles. The molecule has 0 saturated carbocycles. The number of rotatable bonds is 7. The van der Waals surface area contributed by atoms with Gasteiger partial charge in [0.1, 0.15) is 5.75 Å². The van der Waals surface area contributed by atoms with Gasteiger partial charge in [-0.2, -0.15) is 5.10 Å². The molecule has 0 aromatic heterocycles. The summed E-state index contributed by atoms with van der Waals surface area (Å²) in [6.45, 7) is 0. The molecule has 32 heavy (non-hydrogen) atoms. The second-order valence-corrected chi connectivity index (χ2v) is 8.01. The van der Waals surface area contributed by atoms with E-state index in [0.717, 1.165) is 3.57 Å². The highest BCUT2D eigenvalue weighted by molar-refractivity contribution is 14.1. The molecular weight excluding hydrogens is 547 g/mol. The van der Waals surface area contributed by atoms with Crippen LogP contribution in [0.25, 0.3) is 0 Å². The minimum Gasteiger partial charge on any atom is -0.497 e. The molecule has 0 aliphatic heterocycles. The molecule has 0 unspecified atom stereocenters. The third kappa shape index (κ3) is 5.98. The van der Waals surface area contributed by atoms with E-state index in [1.165, 1.54) is 20.4 Å². The molecule has 0 bridgehead atoms. The Morgan fingerprint density at radius 3 is 2.41 bits per heavy atom. The van der Waals surface area contributed by atoms with Crippen molar-refractivity contribution in [3.63, 3.8) is 0 Å². The summed E-state index contributed by atoms with van der Waals surface area (Å²) in [6.07, 6.45) is 1.41. The number of amides is 1. The summed E-state index contributed by atoms with van der Waals surface area (Å²) in [5.41, 5.74) is 3.82. The first-order valence-electron chi connectivity index (χ1n) is 9.24. The van der Waals surface area contributed by atoms with E-state index in [-0.39, 0.29) is 22.4 Å². The molecule has 0 spiro atoms. The van der Waals surface area contributed by atoms with Gasteiger partial charge in [-0.1, -0.05) is 17.7 Å². The van der Waals surface area contributed by atoms with Gasteiger partial charge in [-0.25, -0.2) is 10.2 Å². The van der Waals surface area contributed by atoms with Crippen LogP contribution in [0.2, 0.25) is 5.02 Å². The standard InChI is InChI=1S/C23H18ClIN2O5/c1-30-18-8-6-15(7-9-18)23(29)32-21-19(24)10-14(11-20(21)31-2)13-26-27-22(28)16-4-3-5-17(25)12-16/h3-13H,1-2H3,(H,27,28)/b26-13-. The summed E-state index contributed by atoms with van der Waals surface area (Å²) in [6, 6.07) is 16.7. The van der Waals surface area contributed by atoms with Crippen LogP contribution < -0.4 is 19.6 Å². The normalized spacial score (nSPS) is 10.6. The van der Waals surface area contributed by atoms with Crippen molar-refractivity contribution in [2.75, 3.05) is 14.2 Å². The quantitative estimate of drug-likeness (QED) is 0.144. The Morgan fingerprint density at radius 1 is 1.00 bits per heavy atom. The topological polar surface area (TPSA) is 86.2 Å². The number of nitrogens with one attached hydrogen (secondary N) is 1. The van der Waals surface area contributed by atoms with Gasteiger partial charge in [-0.15, -0.1) is 0 Å². The fourth-order valence-corrected chi connectivity index (χ4v) is 3.45. The van der Waals surface area contributed by atoms with Crippen molar-refractivity contribution in [1.29, 1.82) is 0 Å². The molecule has 164 valence electrons. The number of nitrogens with zero attached hydrogens (tertiary/aromatic N) is 1. The molecule has 0 radical (unpaired) electrons. The molecule has 9 heteroatoms. The zero-order chi connectivity index (χ0) is 23.1. The van der Waals surface area contributed by atoms with Crippen molar-refractivity contribution in [2.45, 2.75) is 0 Å². The largest absolute Gasteiger partial charge is 0.497 e. The van der Waals surface area contributed by atoms with Crippen LogP contribution in [0.4, 0.5) is 0 Å². The summed E-state index contributed by atoms with van der Waals surface area (Å²) in [4.78, 5) is 24.7. The maximum absolute atomic E-state index is 12.5. The lowest BCUT2D eigenvalue weighted by Crippen LogP contribution is -2.17. The van der Waals surface area contributed by atoms with E-state index in [1.807, 2.05) is 6.07 Å². The summed E-state index contributed by atoms with van der Waals surface area (Å²) in [5.74, 6) is -0.00317. The molecule has 3 rings (SSSR count). The number of ether oxygens (including phenoxy) is 3. The van der Waals surface area contributed by atoms with Gasteiger partial charge in [-0.05, 0) is 82.8 Å². The number of hydrogen-bond acceptors (Lipinski definition) is 6. The molecule has 7 nitrogen and oxygen atoms in total. The fourth-order valence-electron chi connectivity index (χ4n) is 2.65. The summed E-state index contributed by atoms with van der Waals surface area (Å²) >= 11 is 8.45. The van der Waals surface area contributed by atoms with E-state index in [0.29, 0.717) is 22.4 Å². The van der Waals surface area contributed by atoms with Crippen LogP contribution in [0.15, 0.2) is 65.8 Å². The number of benzene rings is 3. The van der Waals surface area contributed by atoms with Crippen molar-refractivity contribution in [2.24, 2.45) is 5.10 Å². The molecule has 0 heterocycles. The number of hydrazone groups is 1. The first-order chi connectivity index (χ1) is 15.4. The Bertz CT molecular complexity index is 1170. The van der Waals surface area contributed by atoms with Gasteiger partial charge >= 0.3 is 5.97 Å². The number of carbonyl (C=O) groups excluding carboxylic acids is 2. The molecule has 3 aromatic rings. The first kappa shape index (κ1) is 23.6. The third-order valence-electron chi connectivity index (χ3n) is 4.24. The molecule has 0 aliphatic rings. The lowest BCUT2D eigenvalue weighted by molar-refractivity contribution is 0.0729. The Morgan fingerprint density at radius 2 is 1.75 bits per heavy atom. The van der Waals surface area contributed by atoms with E-state index < -0.39 is 5.97 Å². The number of esters is 1. The average molecular weight is 565 g/mol. The maximum Gasteiger partial charge on any atom is 0.343 e. The molecule has 0 atom stereocenters. The van der Waals surface area contributed by atoms with Gasteiger partial charge in [0, 0.05) is 9.13 Å². The SMILES string of the molecule is COc1ccc(C(=O)Oc2c(Cl)cc(/C=N\NC(=O)c3cccc(I)c3)cc2OC)cc1. The Hall–Kier alpha value is -3.11. The number of carbonyl (C=O) groups is 2. The first-order valence-corrected chi connectivity index (χ1v) is 10.7. The highest BCUT2D eigenvalue weighted by atomic mass is 127. The predicted octanol–water partition coefficient (Wildman–Crippen LogP) is 4.94. The van der Waals surface area contributed by atoms with Crippen LogP contribution in [0.1, 0.15) is 26.3 Å².